The quantitative estimate of drug-likeness (QED) is 0.725. The highest BCUT2D eigenvalue weighted by molar-refractivity contribution is 5.88. The van der Waals surface area contributed by atoms with Crippen LogP contribution in [0.15, 0.2) is 60.8 Å². The molecule has 134 valence electrons. The van der Waals surface area contributed by atoms with Gasteiger partial charge in [0.2, 0.25) is 5.91 Å². The first-order chi connectivity index (χ1) is 12.8. The zero-order chi connectivity index (χ0) is 17.9. The second-order valence-corrected chi connectivity index (χ2v) is 6.45. The van der Waals surface area contributed by atoms with E-state index < -0.39 is 0 Å². The van der Waals surface area contributed by atoms with Gasteiger partial charge in [0, 0.05) is 18.1 Å². The molecule has 0 N–H and O–H groups in total. The third-order valence-electron chi connectivity index (χ3n) is 4.87. The van der Waals surface area contributed by atoms with Gasteiger partial charge in [-0.25, -0.2) is 0 Å². The van der Waals surface area contributed by atoms with Gasteiger partial charge in [-0.15, -0.1) is 0 Å². The van der Waals surface area contributed by atoms with Gasteiger partial charge < -0.3 is 18.9 Å². The predicted molar refractivity (Wildman–Crippen MR) is 100 cm³/mol. The molecule has 1 aromatic heterocycles. The van der Waals surface area contributed by atoms with Gasteiger partial charge >= 0.3 is 0 Å². The lowest BCUT2D eigenvalue weighted by molar-refractivity contribution is -0.139. The number of para-hydroxylation sites is 1. The van der Waals surface area contributed by atoms with Crippen LogP contribution in [0.2, 0.25) is 0 Å². The maximum atomic E-state index is 12.9. The number of hydrogen-bond donors (Lipinski definition) is 0. The van der Waals surface area contributed by atoms with Gasteiger partial charge in [-0.2, -0.15) is 0 Å². The van der Waals surface area contributed by atoms with Gasteiger partial charge in [0.15, 0.2) is 0 Å². The molecule has 3 aromatic rings. The Labute approximate surface area is 152 Å². The second kappa shape index (κ2) is 7.22. The number of aromatic nitrogens is 1. The minimum atomic E-state index is -0.0650. The first-order valence-corrected chi connectivity index (χ1v) is 8.82. The van der Waals surface area contributed by atoms with Gasteiger partial charge in [0.1, 0.15) is 18.4 Å². The van der Waals surface area contributed by atoms with E-state index in [1.165, 1.54) is 0 Å². The molecule has 2 heterocycles. The number of nitrogens with zero attached hydrogens (tertiary/aromatic N) is 2. The van der Waals surface area contributed by atoms with Crippen molar-refractivity contribution in [1.29, 1.82) is 0 Å². The van der Waals surface area contributed by atoms with Crippen LogP contribution in [0.3, 0.4) is 0 Å². The third-order valence-corrected chi connectivity index (χ3v) is 4.87. The normalized spacial score (nSPS) is 17.4. The van der Waals surface area contributed by atoms with E-state index in [9.17, 15) is 4.79 Å². The van der Waals surface area contributed by atoms with Crippen LogP contribution in [-0.2, 0) is 16.1 Å². The Hall–Kier alpha value is -2.79. The van der Waals surface area contributed by atoms with E-state index in [0.717, 1.165) is 22.2 Å². The van der Waals surface area contributed by atoms with Crippen LogP contribution in [-0.4, -0.2) is 42.2 Å². The van der Waals surface area contributed by atoms with Crippen molar-refractivity contribution in [2.75, 3.05) is 26.8 Å². The molecule has 2 aromatic carbocycles. The van der Waals surface area contributed by atoms with Crippen molar-refractivity contribution in [3.05, 3.63) is 66.4 Å². The van der Waals surface area contributed by atoms with Crippen molar-refractivity contribution in [2.24, 2.45) is 0 Å². The molecule has 0 radical (unpaired) electrons. The third kappa shape index (κ3) is 3.18. The molecular weight excluding hydrogens is 328 g/mol. The van der Waals surface area contributed by atoms with E-state index in [2.05, 4.69) is 0 Å². The van der Waals surface area contributed by atoms with Crippen molar-refractivity contribution in [3.63, 3.8) is 0 Å². The first kappa shape index (κ1) is 16.7. The number of rotatable bonds is 4. The fourth-order valence-electron chi connectivity index (χ4n) is 3.51. The lowest BCUT2D eigenvalue weighted by atomic mass is 10.1. The molecule has 1 saturated heterocycles. The summed E-state index contributed by atoms with van der Waals surface area (Å²) >= 11 is 0. The number of amides is 1. The van der Waals surface area contributed by atoms with Crippen molar-refractivity contribution in [2.45, 2.75) is 12.6 Å². The lowest BCUT2D eigenvalue weighted by Crippen LogP contribution is -2.43. The minimum absolute atomic E-state index is 0.0650. The number of methoxy groups -OCH3 is 1. The maximum absolute atomic E-state index is 12.9. The number of benzene rings is 2. The highest BCUT2D eigenvalue weighted by Crippen LogP contribution is 2.27. The molecule has 0 saturated carbocycles. The van der Waals surface area contributed by atoms with E-state index in [1.54, 1.807) is 7.11 Å². The Kier molecular flexibility index (Phi) is 4.63. The van der Waals surface area contributed by atoms with E-state index in [0.29, 0.717) is 26.2 Å². The van der Waals surface area contributed by atoms with Crippen LogP contribution in [0.5, 0.6) is 5.75 Å². The molecular formula is C21H22N2O3. The molecule has 0 unspecified atom stereocenters. The molecule has 0 bridgehead atoms. The summed E-state index contributed by atoms with van der Waals surface area (Å²) in [4.78, 5) is 14.8. The molecule has 1 aliphatic heterocycles. The van der Waals surface area contributed by atoms with E-state index in [1.807, 2.05) is 70.3 Å². The first-order valence-electron chi connectivity index (χ1n) is 8.82. The number of ether oxygens (including phenoxy) is 2. The monoisotopic (exact) mass is 350 g/mol. The number of fused-ring (bicyclic) bond motifs is 1. The Balaban J connectivity index is 1.52. The predicted octanol–water partition coefficient (Wildman–Crippen LogP) is 3.25. The SMILES string of the molecule is COc1cccc2ccn(CC(=O)N3CCO[C@@H](c4ccccc4)C3)c12. The summed E-state index contributed by atoms with van der Waals surface area (Å²) in [5, 5.41) is 1.07. The van der Waals surface area contributed by atoms with Gasteiger partial charge in [-0.1, -0.05) is 42.5 Å². The molecule has 1 amide bonds. The smallest absolute Gasteiger partial charge is 0.242 e. The number of hydrogen-bond acceptors (Lipinski definition) is 3. The summed E-state index contributed by atoms with van der Waals surface area (Å²) in [7, 11) is 1.65. The molecule has 1 fully saturated rings. The van der Waals surface area contributed by atoms with E-state index in [4.69, 9.17) is 9.47 Å². The number of carbonyl (C=O) groups is 1. The Morgan fingerprint density at radius 2 is 2.00 bits per heavy atom. The summed E-state index contributed by atoms with van der Waals surface area (Å²) in [6, 6.07) is 18.0. The molecule has 26 heavy (non-hydrogen) atoms. The zero-order valence-electron chi connectivity index (χ0n) is 14.8. The Morgan fingerprint density at radius 1 is 1.15 bits per heavy atom. The van der Waals surface area contributed by atoms with Crippen molar-refractivity contribution >= 4 is 16.8 Å². The summed E-state index contributed by atoms with van der Waals surface area (Å²) < 4.78 is 13.3. The van der Waals surface area contributed by atoms with E-state index >= 15 is 0 Å². The molecule has 0 aliphatic carbocycles. The molecule has 0 spiro atoms. The highest BCUT2D eigenvalue weighted by Gasteiger charge is 2.25. The zero-order valence-corrected chi connectivity index (χ0v) is 14.8. The summed E-state index contributed by atoms with van der Waals surface area (Å²) in [5.41, 5.74) is 2.06. The van der Waals surface area contributed by atoms with Crippen molar-refractivity contribution in [1.82, 2.24) is 9.47 Å². The summed E-state index contributed by atoms with van der Waals surface area (Å²) in [6.45, 7) is 2.06. The molecule has 1 atom stereocenters. The summed E-state index contributed by atoms with van der Waals surface area (Å²) in [5.74, 6) is 0.877. The standard InChI is InChI=1S/C21H22N2O3/c1-25-18-9-5-8-17-10-11-23(21(17)18)15-20(24)22-12-13-26-19(14-22)16-6-3-2-4-7-16/h2-11,19H,12-15H2,1H3/t19-/m1/s1. The second-order valence-electron chi connectivity index (χ2n) is 6.45. The van der Waals surface area contributed by atoms with Gasteiger partial charge in [-0.3, -0.25) is 4.79 Å². The largest absolute Gasteiger partial charge is 0.495 e. The molecule has 5 heteroatoms. The highest BCUT2D eigenvalue weighted by atomic mass is 16.5. The fourth-order valence-corrected chi connectivity index (χ4v) is 3.51. The van der Waals surface area contributed by atoms with Crippen LogP contribution in [0.1, 0.15) is 11.7 Å². The Bertz CT molecular complexity index is 904. The molecule has 1 aliphatic rings. The van der Waals surface area contributed by atoms with Gasteiger partial charge in [0.25, 0.3) is 0 Å². The van der Waals surface area contributed by atoms with Crippen LogP contribution in [0.4, 0.5) is 0 Å². The van der Waals surface area contributed by atoms with Gasteiger partial charge in [-0.05, 0) is 17.7 Å². The average Bonchev–Trinajstić information content (AvgIpc) is 3.12. The topological polar surface area (TPSA) is 43.7 Å². The maximum Gasteiger partial charge on any atom is 0.242 e. The summed E-state index contributed by atoms with van der Waals surface area (Å²) in [6.07, 6.45) is 1.88. The average molecular weight is 350 g/mol. The minimum Gasteiger partial charge on any atom is -0.495 e. The number of morpholine rings is 1. The van der Waals surface area contributed by atoms with Crippen LogP contribution in [0, 0.1) is 0 Å². The van der Waals surface area contributed by atoms with Crippen molar-refractivity contribution in [3.8, 4) is 5.75 Å². The van der Waals surface area contributed by atoms with Crippen LogP contribution >= 0.6 is 0 Å². The fraction of sp³-hybridized carbons (Fsp3) is 0.286. The Morgan fingerprint density at radius 3 is 2.81 bits per heavy atom. The van der Waals surface area contributed by atoms with Crippen LogP contribution in [0.25, 0.3) is 10.9 Å². The van der Waals surface area contributed by atoms with Gasteiger partial charge in [0.05, 0.1) is 25.8 Å². The van der Waals surface area contributed by atoms with E-state index in [-0.39, 0.29) is 12.0 Å². The molecule has 4 rings (SSSR count). The van der Waals surface area contributed by atoms with Crippen molar-refractivity contribution < 1.29 is 14.3 Å². The van der Waals surface area contributed by atoms with Crippen LogP contribution < -0.4 is 4.74 Å². The number of carbonyl (C=O) groups excluding carboxylic acids is 1. The lowest BCUT2D eigenvalue weighted by Gasteiger charge is -2.33. The molecule has 5 nitrogen and oxygen atoms in total.